The summed E-state index contributed by atoms with van der Waals surface area (Å²) in [5.74, 6) is -0.869. The van der Waals surface area contributed by atoms with Crippen LogP contribution < -0.4 is 0 Å². The lowest BCUT2D eigenvalue weighted by Gasteiger charge is -2.18. The van der Waals surface area contributed by atoms with Crippen LogP contribution in [0.25, 0.3) is 0 Å². The van der Waals surface area contributed by atoms with Crippen LogP contribution in [0.1, 0.15) is 380 Å². The molecule has 6 heteroatoms. The van der Waals surface area contributed by atoms with Crippen molar-refractivity contribution in [3.05, 3.63) is 60.8 Å². The Bertz CT molecular complexity index is 1440. The first-order valence-corrected chi connectivity index (χ1v) is 35.8. The fourth-order valence-electron chi connectivity index (χ4n) is 10.6. The Morgan fingerprint density at radius 1 is 0.247 bits per heavy atom. The van der Waals surface area contributed by atoms with E-state index < -0.39 is 6.10 Å². The van der Waals surface area contributed by atoms with Gasteiger partial charge < -0.3 is 14.2 Å². The predicted molar refractivity (Wildman–Crippen MR) is 353 cm³/mol. The van der Waals surface area contributed by atoms with E-state index in [1.54, 1.807) is 0 Å². The molecule has 0 aliphatic heterocycles. The largest absolute Gasteiger partial charge is 0.462 e. The predicted octanol–water partition coefficient (Wildman–Crippen LogP) is 24.7. The molecule has 0 aromatic carbocycles. The topological polar surface area (TPSA) is 78.9 Å². The van der Waals surface area contributed by atoms with Crippen molar-refractivity contribution in [2.24, 2.45) is 0 Å². The molecule has 0 heterocycles. The zero-order valence-corrected chi connectivity index (χ0v) is 54.3. The summed E-state index contributed by atoms with van der Waals surface area (Å²) in [4.78, 5) is 38.4. The van der Waals surface area contributed by atoms with Crippen LogP contribution in [0, 0.1) is 0 Å². The molecule has 0 fully saturated rings. The van der Waals surface area contributed by atoms with Gasteiger partial charge in [-0.2, -0.15) is 0 Å². The molecule has 0 N–H and O–H groups in total. The number of carbonyl (C=O) groups excluding carboxylic acids is 3. The third-order valence-electron chi connectivity index (χ3n) is 15.9. The average Bonchev–Trinajstić information content (AvgIpc) is 3.46. The smallest absolute Gasteiger partial charge is 0.306 e. The number of hydrogen-bond donors (Lipinski definition) is 0. The maximum Gasteiger partial charge on any atom is 0.306 e. The molecule has 0 spiro atoms. The van der Waals surface area contributed by atoms with Crippen molar-refractivity contribution in [2.45, 2.75) is 386 Å². The summed E-state index contributed by atoms with van der Waals surface area (Å²) in [6.45, 7) is 6.61. The van der Waals surface area contributed by atoms with Crippen LogP contribution in [0.5, 0.6) is 0 Å². The number of esters is 3. The lowest BCUT2D eigenvalue weighted by atomic mass is 10.0. The van der Waals surface area contributed by atoms with Gasteiger partial charge in [0.2, 0.25) is 0 Å². The summed E-state index contributed by atoms with van der Waals surface area (Å²) >= 11 is 0. The van der Waals surface area contributed by atoms with Crippen molar-refractivity contribution in [2.75, 3.05) is 13.2 Å². The minimum Gasteiger partial charge on any atom is -0.462 e. The van der Waals surface area contributed by atoms with Crippen LogP contribution in [0.15, 0.2) is 60.8 Å². The quantitative estimate of drug-likeness (QED) is 0.0261. The minimum atomic E-state index is -0.781. The molecule has 1 unspecified atom stereocenters. The molecule has 0 aliphatic carbocycles. The molecule has 81 heavy (non-hydrogen) atoms. The van der Waals surface area contributed by atoms with Gasteiger partial charge in [0.15, 0.2) is 6.10 Å². The van der Waals surface area contributed by atoms with Crippen molar-refractivity contribution in [1.82, 2.24) is 0 Å². The van der Waals surface area contributed by atoms with Crippen molar-refractivity contribution in [1.29, 1.82) is 0 Å². The maximum atomic E-state index is 13.0. The molecule has 0 saturated heterocycles. The number of hydrogen-bond acceptors (Lipinski definition) is 6. The van der Waals surface area contributed by atoms with Crippen molar-refractivity contribution >= 4 is 17.9 Å². The molecule has 0 amide bonds. The van der Waals surface area contributed by atoms with Crippen LogP contribution in [0.2, 0.25) is 0 Å². The third-order valence-corrected chi connectivity index (χ3v) is 15.9. The molecule has 0 aromatic heterocycles. The third kappa shape index (κ3) is 67.8. The van der Waals surface area contributed by atoms with Gasteiger partial charge in [0, 0.05) is 19.3 Å². The van der Waals surface area contributed by atoms with E-state index >= 15 is 0 Å². The Kier molecular flexibility index (Phi) is 67.1. The first kappa shape index (κ1) is 78.1. The zero-order valence-electron chi connectivity index (χ0n) is 54.3. The lowest BCUT2D eigenvalue weighted by Crippen LogP contribution is -2.30. The van der Waals surface area contributed by atoms with E-state index in [1.807, 2.05) is 0 Å². The van der Waals surface area contributed by atoms with Gasteiger partial charge in [0.05, 0.1) is 0 Å². The van der Waals surface area contributed by atoms with E-state index in [1.165, 1.54) is 250 Å². The van der Waals surface area contributed by atoms with Gasteiger partial charge in [0.25, 0.3) is 0 Å². The van der Waals surface area contributed by atoms with E-state index in [0.29, 0.717) is 19.3 Å². The number of carbonyl (C=O) groups is 3. The zero-order chi connectivity index (χ0) is 58.5. The minimum absolute atomic E-state index is 0.0760. The molecule has 6 nitrogen and oxygen atoms in total. The second-order valence-electron chi connectivity index (χ2n) is 24.1. The molecule has 0 aliphatic rings. The number of unbranched alkanes of at least 4 members (excludes halogenated alkanes) is 45. The Balaban J connectivity index is 4.24. The van der Waals surface area contributed by atoms with Gasteiger partial charge in [0.1, 0.15) is 13.2 Å². The molecule has 0 rings (SSSR count). The van der Waals surface area contributed by atoms with Crippen LogP contribution >= 0.6 is 0 Å². The molecule has 0 saturated carbocycles. The fraction of sp³-hybridized carbons (Fsp3) is 0.827. The van der Waals surface area contributed by atoms with Gasteiger partial charge in [-0.1, -0.05) is 319 Å². The fourth-order valence-corrected chi connectivity index (χ4v) is 10.6. The highest BCUT2D eigenvalue weighted by molar-refractivity contribution is 5.71. The molecular weight excluding hydrogens is 997 g/mol. The highest BCUT2D eigenvalue weighted by Gasteiger charge is 2.19. The average molecular weight is 1130 g/mol. The monoisotopic (exact) mass is 1130 g/mol. The van der Waals surface area contributed by atoms with E-state index in [2.05, 4.69) is 81.5 Å². The summed E-state index contributed by atoms with van der Waals surface area (Å²) in [5.41, 5.74) is 0. The molecular formula is C75H136O6. The number of allylic oxidation sites excluding steroid dienone is 10. The van der Waals surface area contributed by atoms with Gasteiger partial charge in [-0.15, -0.1) is 0 Å². The Morgan fingerprint density at radius 3 is 0.741 bits per heavy atom. The van der Waals surface area contributed by atoms with Crippen molar-refractivity contribution in [3.63, 3.8) is 0 Å². The lowest BCUT2D eigenvalue weighted by molar-refractivity contribution is -0.167. The maximum absolute atomic E-state index is 13.0. The molecule has 0 aromatic rings. The van der Waals surface area contributed by atoms with E-state index in [0.717, 1.165) is 89.9 Å². The molecule has 0 radical (unpaired) electrons. The summed E-state index contributed by atoms with van der Waals surface area (Å²) in [7, 11) is 0. The molecule has 472 valence electrons. The standard InChI is InChI=1S/C75H136O6/c1-4-7-10-13-16-19-22-25-27-29-31-33-35-36-37-38-40-41-43-45-47-50-53-56-59-62-65-68-74(77)80-71-72(70-79-73(76)67-64-61-58-55-52-49-24-21-18-15-12-9-6-3)81-75(78)69-66-63-60-57-54-51-48-46-44-42-39-34-32-30-28-26-23-20-17-14-11-8-5-2/h12,15,21-22,24-25,29-32,72H,4-11,13-14,16-20,23,26-28,33-71H2,1-3H3/b15-12-,24-21-,25-22-,31-29-,32-30-. The van der Waals surface area contributed by atoms with Gasteiger partial charge >= 0.3 is 17.9 Å². The highest BCUT2D eigenvalue weighted by atomic mass is 16.6. The van der Waals surface area contributed by atoms with E-state index in [9.17, 15) is 14.4 Å². The van der Waals surface area contributed by atoms with Crippen LogP contribution in [0.3, 0.4) is 0 Å². The second-order valence-corrected chi connectivity index (χ2v) is 24.1. The Hall–Kier alpha value is -2.89. The number of ether oxygens (including phenoxy) is 3. The first-order chi connectivity index (χ1) is 40.0. The summed E-state index contributed by atoms with van der Waals surface area (Å²) in [6.07, 6.45) is 89.7. The van der Waals surface area contributed by atoms with Gasteiger partial charge in [-0.3, -0.25) is 14.4 Å². The van der Waals surface area contributed by atoms with Crippen LogP contribution in [-0.4, -0.2) is 37.2 Å². The van der Waals surface area contributed by atoms with Crippen LogP contribution in [-0.2, 0) is 28.6 Å². The number of rotatable bonds is 66. The van der Waals surface area contributed by atoms with Gasteiger partial charge in [-0.25, -0.2) is 0 Å². The van der Waals surface area contributed by atoms with Crippen LogP contribution in [0.4, 0.5) is 0 Å². The summed E-state index contributed by atoms with van der Waals surface area (Å²) in [5, 5.41) is 0. The molecule has 0 bridgehead atoms. The van der Waals surface area contributed by atoms with Crippen molar-refractivity contribution in [3.8, 4) is 0 Å². The van der Waals surface area contributed by atoms with E-state index in [4.69, 9.17) is 14.2 Å². The van der Waals surface area contributed by atoms with Crippen molar-refractivity contribution < 1.29 is 28.6 Å². The summed E-state index contributed by atoms with van der Waals surface area (Å²) in [6, 6.07) is 0. The summed E-state index contributed by atoms with van der Waals surface area (Å²) < 4.78 is 17.0. The Labute approximate surface area is 504 Å². The Morgan fingerprint density at radius 2 is 0.469 bits per heavy atom. The van der Waals surface area contributed by atoms with Gasteiger partial charge in [-0.05, 0) is 103 Å². The highest BCUT2D eigenvalue weighted by Crippen LogP contribution is 2.18. The van der Waals surface area contributed by atoms with E-state index in [-0.39, 0.29) is 31.1 Å². The second kappa shape index (κ2) is 69.6. The SMILES string of the molecule is CCC/C=C\C/C=C\CCCCCCCC(=O)OCC(COC(=O)CCCCCCCCCCCCCCCCC/C=C\C/C=C\CCCCCCC)OC(=O)CCCCCCCCCCCCC/C=C\CCCCCCCCCC. The first-order valence-electron chi connectivity index (χ1n) is 35.8. The normalized spacial score (nSPS) is 12.4. The molecule has 1 atom stereocenters.